The van der Waals surface area contributed by atoms with Crippen molar-refractivity contribution in [1.29, 1.82) is 0 Å². The normalized spacial score (nSPS) is 17.1. The Hall–Kier alpha value is -2.40. The molecule has 1 aromatic carbocycles. The molecule has 2 heterocycles. The number of benzene rings is 1. The van der Waals surface area contributed by atoms with Crippen LogP contribution >= 0.6 is 0 Å². The molecule has 25 heavy (non-hydrogen) atoms. The summed E-state index contributed by atoms with van der Waals surface area (Å²) in [4.78, 5) is 18.6. The molecule has 0 saturated carbocycles. The number of aromatic nitrogens is 1. The molecule has 5 heteroatoms. The van der Waals surface area contributed by atoms with E-state index in [1.807, 2.05) is 37.4 Å². The van der Waals surface area contributed by atoms with Gasteiger partial charge in [-0.3, -0.25) is 4.79 Å². The molecule has 1 aromatic heterocycles. The number of carbonyl (C=O) groups is 1. The van der Waals surface area contributed by atoms with Crippen LogP contribution in [0, 0.1) is 5.92 Å². The summed E-state index contributed by atoms with van der Waals surface area (Å²) in [6.07, 6.45) is 3.80. The Labute approximate surface area is 148 Å². The van der Waals surface area contributed by atoms with Crippen LogP contribution in [0.1, 0.15) is 28.8 Å². The Morgan fingerprint density at radius 3 is 2.92 bits per heavy atom. The fourth-order valence-corrected chi connectivity index (χ4v) is 2.99. The summed E-state index contributed by atoms with van der Waals surface area (Å²) in [6, 6.07) is 13.3. The SMILES string of the molecule is CN(C[C@H]1CCCOC1)C(=O)c1ccnc(OCc2ccccc2)c1. The first-order chi connectivity index (χ1) is 12.2. The van der Waals surface area contributed by atoms with E-state index in [9.17, 15) is 4.79 Å². The van der Waals surface area contributed by atoms with E-state index < -0.39 is 0 Å². The molecular weight excluding hydrogens is 316 g/mol. The van der Waals surface area contributed by atoms with Crippen LogP contribution in [0.3, 0.4) is 0 Å². The van der Waals surface area contributed by atoms with Gasteiger partial charge in [0.2, 0.25) is 5.88 Å². The fourth-order valence-electron chi connectivity index (χ4n) is 2.99. The molecule has 0 spiro atoms. The number of hydrogen-bond acceptors (Lipinski definition) is 4. The zero-order valence-electron chi connectivity index (χ0n) is 14.6. The van der Waals surface area contributed by atoms with Crippen molar-refractivity contribution in [2.24, 2.45) is 5.92 Å². The van der Waals surface area contributed by atoms with Gasteiger partial charge >= 0.3 is 0 Å². The average molecular weight is 340 g/mol. The molecule has 0 bridgehead atoms. The first-order valence-electron chi connectivity index (χ1n) is 8.68. The predicted octanol–water partition coefficient (Wildman–Crippen LogP) is 3.16. The molecule has 0 aliphatic carbocycles. The van der Waals surface area contributed by atoms with Gasteiger partial charge in [0, 0.05) is 38.0 Å². The minimum Gasteiger partial charge on any atom is -0.473 e. The Morgan fingerprint density at radius 2 is 2.16 bits per heavy atom. The number of amides is 1. The van der Waals surface area contributed by atoms with Crippen molar-refractivity contribution in [2.75, 3.05) is 26.8 Å². The topological polar surface area (TPSA) is 51.7 Å². The second kappa shape index (κ2) is 8.62. The lowest BCUT2D eigenvalue weighted by molar-refractivity contribution is 0.0388. The van der Waals surface area contributed by atoms with E-state index in [1.165, 1.54) is 0 Å². The Morgan fingerprint density at radius 1 is 1.32 bits per heavy atom. The highest BCUT2D eigenvalue weighted by atomic mass is 16.5. The van der Waals surface area contributed by atoms with Crippen LogP contribution in [0.4, 0.5) is 0 Å². The van der Waals surface area contributed by atoms with E-state index >= 15 is 0 Å². The van der Waals surface area contributed by atoms with E-state index in [4.69, 9.17) is 9.47 Å². The lowest BCUT2D eigenvalue weighted by Crippen LogP contribution is -2.35. The van der Waals surface area contributed by atoms with Crippen LogP contribution in [-0.2, 0) is 11.3 Å². The van der Waals surface area contributed by atoms with E-state index in [1.54, 1.807) is 23.2 Å². The molecule has 1 fully saturated rings. The number of carbonyl (C=O) groups excluding carboxylic acids is 1. The van der Waals surface area contributed by atoms with Crippen molar-refractivity contribution >= 4 is 5.91 Å². The van der Waals surface area contributed by atoms with Crippen molar-refractivity contribution in [1.82, 2.24) is 9.88 Å². The maximum atomic E-state index is 12.6. The number of hydrogen-bond donors (Lipinski definition) is 0. The van der Waals surface area contributed by atoms with Crippen molar-refractivity contribution in [2.45, 2.75) is 19.4 Å². The molecule has 0 radical (unpaired) electrons. The zero-order chi connectivity index (χ0) is 17.5. The van der Waals surface area contributed by atoms with Gasteiger partial charge < -0.3 is 14.4 Å². The van der Waals surface area contributed by atoms with Crippen molar-refractivity contribution in [3.63, 3.8) is 0 Å². The van der Waals surface area contributed by atoms with Crippen molar-refractivity contribution in [3.05, 3.63) is 59.8 Å². The molecule has 5 nitrogen and oxygen atoms in total. The molecule has 1 atom stereocenters. The van der Waals surface area contributed by atoms with Gasteiger partial charge in [-0.15, -0.1) is 0 Å². The number of rotatable bonds is 6. The summed E-state index contributed by atoms with van der Waals surface area (Å²) in [6.45, 7) is 2.71. The maximum Gasteiger partial charge on any atom is 0.253 e. The van der Waals surface area contributed by atoms with Gasteiger partial charge in [0.25, 0.3) is 5.91 Å². The lowest BCUT2D eigenvalue weighted by atomic mass is 10.0. The van der Waals surface area contributed by atoms with Gasteiger partial charge in [0.1, 0.15) is 6.61 Å². The molecule has 1 saturated heterocycles. The van der Waals surface area contributed by atoms with Gasteiger partial charge in [0.05, 0.1) is 6.61 Å². The molecule has 0 unspecified atom stereocenters. The lowest BCUT2D eigenvalue weighted by Gasteiger charge is -2.27. The van der Waals surface area contributed by atoms with Crippen LogP contribution in [0.25, 0.3) is 0 Å². The van der Waals surface area contributed by atoms with Gasteiger partial charge in [-0.1, -0.05) is 30.3 Å². The summed E-state index contributed by atoms with van der Waals surface area (Å²) >= 11 is 0. The van der Waals surface area contributed by atoms with Crippen molar-refractivity contribution < 1.29 is 14.3 Å². The minimum atomic E-state index is -0.0162. The Bertz CT molecular complexity index is 684. The van der Waals surface area contributed by atoms with Gasteiger partial charge in [-0.25, -0.2) is 4.98 Å². The summed E-state index contributed by atoms with van der Waals surface area (Å²) in [5, 5.41) is 0. The summed E-state index contributed by atoms with van der Waals surface area (Å²) in [5.74, 6) is 0.861. The monoisotopic (exact) mass is 340 g/mol. The van der Waals surface area contributed by atoms with E-state index in [-0.39, 0.29) is 5.91 Å². The number of nitrogens with zero attached hydrogens (tertiary/aromatic N) is 2. The smallest absolute Gasteiger partial charge is 0.253 e. The number of pyridine rings is 1. The van der Waals surface area contributed by atoms with Crippen molar-refractivity contribution in [3.8, 4) is 5.88 Å². The quantitative estimate of drug-likeness (QED) is 0.810. The molecule has 132 valence electrons. The third-order valence-corrected chi connectivity index (χ3v) is 4.34. The minimum absolute atomic E-state index is 0.0162. The number of ether oxygens (including phenoxy) is 2. The molecule has 1 aliphatic rings. The van der Waals surface area contributed by atoms with Crippen LogP contribution in [0.15, 0.2) is 48.7 Å². The van der Waals surface area contributed by atoms with E-state index in [0.29, 0.717) is 30.5 Å². The zero-order valence-corrected chi connectivity index (χ0v) is 14.6. The molecule has 1 amide bonds. The van der Waals surface area contributed by atoms with Gasteiger partial charge in [-0.2, -0.15) is 0 Å². The third-order valence-electron chi connectivity index (χ3n) is 4.34. The molecular formula is C20H24N2O3. The second-order valence-electron chi connectivity index (χ2n) is 6.43. The van der Waals surface area contributed by atoms with E-state index in [2.05, 4.69) is 4.98 Å². The van der Waals surface area contributed by atoms with Crippen LogP contribution < -0.4 is 4.74 Å². The van der Waals surface area contributed by atoms with Crippen LogP contribution in [0.2, 0.25) is 0 Å². The van der Waals surface area contributed by atoms with E-state index in [0.717, 1.165) is 31.6 Å². The Balaban J connectivity index is 1.58. The van der Waals surface area contributed by atoms with Crippen LogP contribution in [-0.4, -0.2) is 42.6 Å². The maximum absolute atomic E-state index is 12.6. The first kappa shape index (κ1) is 17.4. The molecule has 3 rings (SSSR count). The van der Waals surface area contributed by atoms with Crippen LogP contribution in [0.5, 0.6) is 5.88 Å². The highest BCUT2D eigenvalue weighted by Crippen LogP contribution is 2.17. The second-order valence-corrected chi connectivity index (χ2v) is 6.43. The summed E-state index contributed by atoms with van der Waals surface area (Å²) in [7, 11) is 1.84. The third kappa shape index (κ3) is 5.03. The largest absolute Gasteiger partial charge is 0.473 e. The molecule has 0 N–H and O–H groups in total. The first-order valence-corrected chi connectivity index (χ1v) is 8.68. The molecule has 1 aliphatic heterocycles. The van der Waals surface area contributed by atoms with Gasteiger partial charge in [-0.05, 0) is 30.4 Å². The fraction of sp³-hybridized carbons (Fsp3) is 0.400. The Kier molecular flexibility index (Phi) is 6.01. The van der Waals surface area contributed by atoms with Gasteiger partial charge in [0.15, 0.2) is 0 Å². The highest BCUT2D eigenvalue weighted by Gasteiger charge is 2.20. The summed E-state index contributed by atoms with van der Waals surface area (Å²) in [5.41, 5.74) is 1.66. The molecule has 2 aromatic rings. The standard InChI is InChI=1S/C20H24N2O3/c1-22(13-17-8-5-11-24-14-17)20(23)18-9-10-21-19(12-18)25-15-16-6-3-2-4-7-16/h2-4,6-7,9-10,12,17H,5,8,11,13-15H2,1H3/t17-/m1/s1. The highest BCUT2D eigenvalue weighted by molar-refractivity contribution is 5.94. The predicted molar refractivity (Wildman–Crippen MR) is 95.5 cm³/mol. The summed E-state index contributed by atoms with van der Waals surface area (Å²) < 4.78 is 11.2. The average Bonchev–Trinajstić information content (AvgIpc) is 2.67.